The fraction of sp³-hybridized carbons (Fsp3) is 0.588. The van der Waals surface area contributed by atoms with Gasteiger partial charge >= 0.3 is 0 Å². The quantitative estimate of drug-likeness (QED) is 0.739. The maximum Gasteiger partial charge on any atom is 0.222 e. The maximum atomic E-state index is 12.3. The molecule has 1 rings (SSSR count). The van der Waals surface area contributed by atoms with Gasteiger partial charge in [-0.25, -0.2) is 0 Å². The van der Waals surface area contributed by atoms with Gasteiger partial charge < -0.3 is 10.6 Å². The molecule has 3 heteroatoms. The van der Waals surface area contributed by atoms with Gasteiger partial charge in [0.1, 0.15) is 0 Å². The largest absolute Gasteiger partial charge is 0.399 e. The van der Waals surface area contributed by atoms with Gasteiger partial charge in [0.25, 0.3) is 0 Å². The number of aryl methyl sites for hydroxylation is 1. The van der Waals surface area contributed by atoms with E-state index in [-0.39, 0.29) is 5.91 Å². The standard InChI is InChI=1S/C17H28N2O/c1-4-14(5-2)13-19(6-3)17(20)12-9-15-7-10-16(18)11-8-15/h7-8,10-11,14H,4-6,9,12-13,18H2,1-3H3. The van der Waals surface area contributed by atoms with Crippen LogP contribution in [0.5, 0.6) is 0 Å². The van der Waals surface area contributed by atoms with E-state index in [2.05, 4.69) is 20.8 Å². The molecule has 0 aromatic heterocycles. The predicted octanol–water partition coefficient (Wildman–Crippen LogP) is 3.49. The van der Waals surface area contributed by atoms with Gasteiger partial charge in [-0.3, -0.25) is 4.79 Å². The van der Waals surface area contributed by atoms with Gasteiger partial charge in [-0.05, 0) is 37.0 Å². The summed E-state index contributed by atoms with van der Waals surface area (Å²) < 4.78 is 0. The Hall–Kier alpha value is -1.51. The average Bonchev–Trinajstić information content (AvgIpc) is 2.48. The second kappa shape index (κ2) is 8.62. The van der Waals surface area contributed by atoms with Crippen molar-refractivity contribution in [3.63, 3.8) is 0 Å². The van der Waals surface area contributed by atoms with Crippen LogP contribution in [0.1, 0.15) is 45.6 Å². The molecular weight excluding hydrogens is 248 g/mol. The molecule has 0 heterocycles. The lowest BCUT2D eigenvalue weighted by Crippen LogP contribution is -2.35. The van der Waals surface area contributed by atoms with E-state index in [0.29, 0.717) is 12.3 Å². The second-order valence-electron chi connectivity index (χ2n) is 5.36. The number of benzene rings is 1. The Balaban J connectivity index is 2.48. The van der Waals surface area contributed by atoms with Crippen LogP contribution in [-0.4, -0.2) is 23.9 Å². The molecule has 112 valence electrons. The van der Waals surface area contributed by atoms with Crippen molar-refractivity contribution in [3.05, 3.63) is 29.8 Å². The summed E-state index contributed by atoms with van der Waals surface area (Å²) in [7, 11) is 0. The Morgan fingerprint density at radius 2 is 1.75 bits per heavy atom. The lowest BCUT2D eigenvalue weighted by molar-refractivity contribution is -0.131. The molecule has 20 heavy (non-hydrogen) atoms. The summed E-state index contributed by atoms with van der Waals surface area (Å²) in [6, 6.07) is 7.78. The second-order valence-corrected chi connectivity index (χ2v) is 5.36. The summed E-state index contributed by atoms with van der Waals surface area (Å²) in [4.78, 5) is 14.3. The SMILES string of the molecule is CCC(CC)CN(CC)C(=O)CCc1ccc(N)cc1. The lowest BCUT2D eigenvalue weighted by Gasteiger charge is -2.25. The first kappa shape index (κ1) is 16.5. The molecule has 0 bridgehead atoms. The van der Waals surface area contributed by atoms with E-state index in [4.69, 9.17) is 5.73 Å². The Morgan fingerprint density at radius 3 is 2.25 bits per heavy atom. The first-order valence-corrected chi connectivity index (χ1v) is 7.72. The van der Waals surface area contributed by atoms with Crippen LogP contribution >= 0.6 is 0 Å². The number of rotatable bonds is 8. The highest BCUT2D eigenvalue weighted by atomic mass is 16.2. The first-order chi connectivity index (χ1) is 9.60. The summed E-state index contributed by atoms with van der Waals surface area (Å²) in [6.07, 6.45) is 3.65. The van der Waals surface area contributed by atoms with Crippen LogP contribution in [0.15, 0.2) is 24.3 Å². The minimum atomic E-state index is 0.260. The van der Waals surface area contributed by atoms with Gasteiger partial charge in [-0.2, -0.15) is 0 Å². The van der Waals surface area contributed by atoms with E-state index < -0.39 is 0 Å². The molecule has 1 aromatic rings. The number of carbonyl (C=O) groups is 1. The Bertz CT molecular complexity index is 396. The Morgan fingerprint density at radius 1 is 1.15 bits per heavy atom. The normalized spacial score (nSPS) is 10.8. The monoisotopic (exact) mass is 276 g/mol. The van der Waals surface area contributed by atoms with Gasteiger partial charge in [-0.15, -0.1) is 0 Å². The van der Waals surface area contributed by atoms with Crippen molar-refractivity contribution in [3.8, 4) is 0 Å². The predicted molar refractivity (Wildman–Crippen MR) is 85.5 cm³/mol. The molecule has 0 saturated carbocycles. The zero-order chi connectivity index (χ0) is 15.0. The molecule has 0 spiro atoms. The zero-order valence-electron chi connectivity index (χ0n) is 13.1. The average molecular weight is 276 g/mol. The fourth-order valence-electron chi connectivity index (χ4n) is 2.36. The summed E-state index contributed by atoms with van der Waals surface area (Å²) >= 11 is 0. The highest BCUT2D eigenvalue weighted by Gasteiger charge is 2.15. The highest BCUT2D eigenvalue weighted by Crippen LogP contribution is 2.12. The van der Waals surface area contributed by atoms with E-state index in [1.807, 2.05) is 29.2 Å². The Labute approximate surface area is 123 Å². The third kappa shape index (κ3) is 5.24. The van der Waals surface area contributed by atoms with Crippen molar-refractivity contribution in [1.82, 2.24) is 4.90 Å². The smallest absolute Gasteiger partial charge is 0.222 e. The molecule has 1 aromatic carbocycles. The van der Waals surface area contributed by atoms with Gasteiger partial charge in [0.05, 0.1) is 0 Å². The van der Waals surface area contributed by atoms with Gasteiger partial charge in [0.15, 0.2) is 0 Å². The molecule has 0 fully saturated rings. The summed E-state index contributed by atoms with van der Waals surface area (Å²) in [5.74, 6) is 0.881. The molecule has 0 aliphatic rings. The number of hydrogen-bond donors (Lipinski definition) is 1. The van der Waals surface area contributed by atoms with Gasteiger partial charge in [-0.1, -0.05) is 38.8 Å². The van der Waals surface area contributed by atoms with Crippen LogP contribution in [0.2, 0.25) is 0 Å². The minimum absolute atomic E-state index is 0.260. The number of amides is 1. The third-order valence-corrected chi connectivity index (χ3v) is 3.97. The maximum absolute atomic E-state index is 12.3. The van der Waals surface area contributed by atoms with E-state index in [9.17, 15) is 4.79 Å². The first-order valence-electron chi connectivity index (χ1n) is 7.72. The topological polar surface area (TPSA) is 46.3 Å². The number of carbonyl (C=O) groups excluding carboxylic acids is 1. The molecule has 0 aliphatic carbocycles. The molecule has 3 nitrogen and oxygen atoms in total. The van der Waals surface area contributed by atoms with Crippen molar-refractivity contribution >= 4 is 11.6 Å². The van der Waals surface area contributed by atoms with E-state index in [1.54, 1.807) is 0 Å². The minimum Gasteiger partial charge on any atom is -0.399 e. The molecule has 1 amide bonds. The van der Waals surface area contributed by atoms with Crippen LogP contribution in [0.4, 0.5) is 5.69 Å². The summed E-state index contributed by atoms with van der Waals surface area (Å²) in [6.45, 7) is 8.15. The fourth-order valence-corrected chi connectivity index (χ4v) is 2.36. The van der Waals surface area contributed by atoms with Crippen molar-refractivity contribution in [2.75, 3.05) is 18.8 Å². The molecular formula is C17H28N2O. The zero-order valence-corrected chi connectivity index (χ0v) is 13.1. The van der Waals surface area contributed by atoms with Crippen LogP contribution < -0.4 is 5.73 Å². The summed E-state index contributed by atoms with van der Waals surface area (Å²) in [5.41, 5.74) is 7.60. The van der Waals surface area contributed by atoms with Crippen LogP contribution in [0.3, 0.4) is 0 Å². The number of nitrogens with two attached hydrogens (primary N) is 1. The van der Waals surface area contributed by atoms with Crippen molar-refractivity contribution in [2.45, 2.75) is 46.5 Å². The lowest BCUT2D eigenvalue weighted by atomic mass is 10.0. The molecule has 0 radical (unpaired) electrons. The molecule has 0 unspecified atom stereocenters. The van der Waals surface area contributed by atoms with E-state index >= 15 is 0 Å². The molecule has 2 N–H and O–H groups in total. The van der Waals surface area contributed by atoms with Crippen molar-refractivity contribution < 1.29 is 4.79 Å². The molecule has 0 aliphatic heterocycles. The van der Waals surface area contributed by atoms with Crippen molar-refractivity contribution in [2.24, 2.45) is 5.92 Å². The van der Waals surface area contributed by atoms with Gasteiger partial charge in [0.2, 0.25) is 5.91 Å². The van der Waals surface area contributed by atoms with E-state index in [1.165, 1.54) is 5.56 Å². The number of hydrogen-bond acceptors (Lipinski definition) is 2. The van der Waals surface area contributed by atoms with E-state index in [0.717, 1.165) is 38.0 Å². The van der Waals surface area contributed by atoms with Crippen LogP contribution in [0.25, 0.3) is 0 Å². The Kier molecular flexibility index (Phi) is 7.13. The highest BCUT2D eigenvalue weighted by molar-refractivity contribution is 5.76. The number of nitrogens with zero attached hydrogens (tertiary/aromatic N) is 1. The van der Waals surface area contributed by atoms with Gasteiger partial charge in [0, 0.05) is 25.2 Å². The van der Waals surface area contributed by atoms with Crippen LogP contribution in [0, 0.1) is 5.92 Å². The molecule has 0 atom stereocenters. The molecule has 0 saturated heterocycles. The third-order valence-electron chi connectivity index (χ3n) is 3.97. The number of nitrogen functional groups attached to an aromatic ring is 1. The van der Waals surface area contributed by atoms with Crippen molar-refractivity contribution in [1.29, 1.82) is 0 Å². The summed E-state index contributed by atoms with van der Waals surface area (Å²) in [5, 5.41) is 0. The van der Waals surface area contributed by atoms with Crippen LogP contribution in [-0.2, 0) is 11.2 Å². The number of anilines is 1.